The van der Waals surface area contributed by atoms with Gasteiger partial charge in [-0.1, -0.05) is 17.7 Å². The van der Waals surface area contributed by atoms with Crippen molar-refractivity contribution in [2.24, 2.45) is 0 Å². The Morgan fingerprint density at radius 1 is 1.09 bits per heavy atom. The van der Waals surface area contributed by atoms with Crippen LogP contribution in [0.4, 0.5) is 0 Å². The van der Waals surface area contributed by atoms with Crippen LogP contribution in [0.3, 0.4) is 0 Å². The lowest BCUT2D eigenvalue weighted by atomic mass is 10.1. The van der Waals surface area contributed by atoms with Gasteiger partial charge < -0.3 is 4.18 Å². The molecular weight excluding hydrogens is 322 g/mol. The highest BCUT2D eigenvalue weighted by molar-refractivity contribution is 7.87. The fourth-order valence-electron chi connectivity index (χ4n) is 1.78. The molecule has 0 heterocycles. The van der Waals surface area contributed by atoms with Crippen molar-refractivity contribution in [2.75, 3.05) is 6.54 Å². The summed E-state index contributed by atoms with van der Waals surface area (Å²) in [7, 11) is -3.98. The maximum Gasteiger partial charge on any atom is 0.339 e. The van der Waals surface area contributed by atoms with E-state index in [2.05, 4.69) is 0 Å². The standard InChI is InChI=1S/C15H13NO6S/c1-11-2-8-14(9-3-11)23(20,21)22-13-6-4-12(5-7-13)15(17)10-16(18)19/h2-9H,10H2,1H3. The molecule has 2 aromatic carbocycles. The number of hydrogen-bond acceptors (Lipinski definition) is 6. The quantitative estimate of drug-likeness (QED) is 0.347. The van der Waals surface area contributed by atoms with Crippen molar-refractivity contribution in [3.63, 3.8) is 0 Å². The summed E-state index contributed by atoms with van der Waals surface area (Å²) >= 11 is 0. The van der Waals surface area contributed by atoms with E-state index in [1.54, 1.807) is 12.1 Å². The first-order chi connectivity index (χ1) is 10.8. The van der Waals surface area contributed by atoms with Gasteiger partial charge >= 0.3 is 10.1 Å². The summed E-state index contributed by atoms with van der Waals surface area (Å²) in [6.45, 7) is 1.01. The first kappa shape index (κ1) is 16.6. The van der Waals surface area contributed by atoms with Gasteiger partial charge in [0, 0.05) is 10.5 Å². The van der Waals surface area contributed by atoms with Gasteiger partial charge in [0.05, 0.1) is 0 Å². The van der Waals surface area contributed by atoms with E-state index < -0.39 is 27.4 Å². The summed E-state index contributed by atoms with van der Waals surface area (Å²) in [6.07, 6.45) is 0. The molecule has 0 aliphatic heterocycles. The van der Waals surface area contributed by atoms with Gasteiger partial charge in [0.15, 0.2) is 0 Å². The highest BCUT2D eigenvalue weighted by atomic mass is 32.2. The summed E-state index contributed by atoms with van der Waals surface area (Å²) in [6, 6.07) is 11.3. The molecule has 0 spiro atoms. The molecule has 2 aromatic rings. The smallest absolute Gasteiger partial charge is 0.339 e. The Balaban J connectivity index is 2.15. The lowest BCUT2D eigenvalue weighted by Crippen LogP contribution is -2.14. The third kappa shape index (κ3) is 4.36. The third-order valence-corrected chi connectivity index (χ3v) is 4.23. The topological polar surface area (TPSA) is 104 Å². The second-order valence-electron chi connectivity index (χ2n) is 4.79. The zero-order chi connectivity index (χ0) is 17.0. The molecule has 2 rings (SSSR count). The fourth-order valence-corrected chi connectivity index (χ4v) is 2.71. The Kier molecular flexibility index (Phi) is 4.75. The maximum atomic E-state index is 12.1. The van der Waals surface area contributed by atoms with Gasteiger partial charge in [-0.25, -0.2) is 0 Å². The molecule has 120 valence electrons. The van der Waals surface area contributed by atoms with E-state index in [0.717, 1.165) is 5.56 Å². The van der Waals surface area contributed by atoms with Gasteiger partial charge in [-0.05, 0) is 43.3 Å². The number of rotatable bonds is 6. The first-order valence-electron chi connectivity index (χ1n) is 6.54. The first-order valence-corrected chi connectivity index (χ1v) is 7.95. The predicted octanol–water partition coefficient (Wildman–Crippen LogP) is 2.22. The molecule has 0 saturated heterocycles. The second kappa shape index (κ2) is 6.57. The van der Waals surface area contributed by atoms with Gasteiger partial charge in [0.2, 0.25) is 5.78 Å². The van der Waals surface area contributed by atoms with Gasteiger partial charge in [0.1, 0.15) is 10.6 Å². The van der Waals surface area contributed by atoms with Crippen LogP contribution in [0.1, 0.15) is 15.9 Å². The van der Waals surface area contributed by atoms with Crippen molar-refractivity contribution in [1.29, 1.82) is 0 Å². The van der Waals surface area contributed by atoms with Crippen molar-refractivity contribution in [2.45, 2.75) is 11.8 Å². The lowest BCUT2D eigenvalue weighted by molar-refractivity contribution is -0.465. The summed E-state index contributed by atoms with van der Waals surface area (Å²) < 4.78 is 29.2. The minimum absolute atomic E-state index is 0.0107. The SMILES string of the molecule is Cc1ccc(S(=O)(=O)Oc2ccc(C(=O)C[N+](=O)[O-])cc2)cc1. The van der Waals surface area contributed by atoms with Crippen LogP contribution in [0, 0.1) is 17.0 Å². The monoisotopic (exact) mass is 335 g/mol. The Morgan fingerprint density at radius 3 is 2.17 bits per heavy atom. The van der Waals surface area contributed by atoms with E-state index in [-0.39, 0.29) is 16.2 Å². The van der Waals surface area contributed by atoms with Gasteiger partial charge in [-0.2, -0.15) is 8.42 Å². The minimum Gasteiger partial charge on any atom is -0.379 e. The average Bonchev–Trinajstić information content (AvgIpc) is 2.47. The summed E-state index contributed by atoms with van der Waals surface area (Å²) in [5.74, 6) is -0.647. The van der Waals surface area contributed by atoms with E-state index >= 15 is 0 Å². The molecule has 0 fully saturated rings. The molecule has 0 amide bonds. The third-order valence-electron chi connectivity index (χ3n) is 2.96. The van der Waals surface area contributed by atoms with Crippen LogP contribution in [-0.2, 0) is 10.1 Å². The van der Waals surface area contributed by atoms with Crippen LogP contribution in [0.5, 0.6) is 5.75 Å². The zero-order valence-corrected chi connectivity index (χ0v) is 12.9. The van der Waals surface area contributed by atoms with Crippen LogP contribution in [0.25, 0.3) is 0 Å². The number of nitro groups is 1. The number of ketones is 1. The van der Waals surface area contributed by atoms with E-state index in [0.29, 0.717) is 0 Å². The zero-order valence-electron chi connectivity index (χ0n) is 12.1. The molecule has 0 radical (unpaired) electrons. The van der Waals surface area contributed by atoms with Crippen molar-refractivity contribution in [3.8, 4) is 5.75 Å². The van der Waals surface area contributed by atoms with Crippen molar-refractivity contribution in [1.82, 2.24) is 0 Å². The average molecular weight is 335 g/mol. The molecule has 7 nitrogen and oxygen atoms in total. The number of nitrogens with zero attached hydrogens (tertiary/aromatic N) is 1. The molecule has 0 saturated carbocycles. The maximum absolute atomic E-state index is 12.1. The number of hydrogen-bond donors (Lipinski definition) is 0. The summed E-state index contributed by atoms with van der Waals surface area (Å²) in [5, 5.41) is 10.3. The largest absolute Gasteiger partial charge is 0.379 e. The molecule has 0 aliphatic carbocycles. The highest BCUT2D eigenvalue weighted by Crippen LogP contribution is 2.19. The number of Topliss-reactive ketones (excluding diaryl/α,β-unsaturated/α-hetero) is 1. The van der Waals surface area contributed by atoms with Crippen LogP contribution < -0.4 is 4.18 Å². The normalized spacial score (nSPS) is 11.0. The van der Waals surface area contributed by atoms with E-state index in [9.17, 15) is 23.3 Å². The fraction of sp³-hybridized carbons (Fsp3) is 0.133. The van der Waals surface area contributed by atoms with Crippen molar-refractivity contribution >= 4 is 15.9 Å². The number of benzene rings is 2. The van der Waals surface area contributed by atoms with E-state index in [4.69, 9.17) is 4.18 Å². The van der Waals surface area contributed by atoms with Crippen LogP contribution >= 0.6 is 0 Å². The molecule has 0 N–H and O–H groups in total. The molecule has 0 aromatic heterocycles. The number of carbonyl (C=O) groups excluding carboxylic acids is 1. The van der Waals surface area contributed by atoms with Crippen LogP contribution in [-0.4, -0.2) is 25.7 Å². The molecule has 8 heteroatoms. The van der Waals surface area contributed by atoms with Crippen molar-refractivity contribution < 1.29 is 22.3 Å². The summed E-state index contributed by atoms with van der Waals surface area (Å²) in [5.41, 5.74) is 1.03. The van der Waals surface area contributed by atoms with E-state index in [1.165, 1.54) is 36.4 Å². The van der Waals surface area contributed by atoms with Crippen LogP contribution in [0.15, 0.2) is 53.4 Å². The Morgan fingerprint density at radius 2 is 1.65 bits per heavy atom. The Labute approximate surface area is 132 Å². The second-order valence-corrected chi connectivity index (χ2v) is 6.34. The molecule has 0 atom stereocenters. The molecule has 0 aliphatic rings. The number of aryl methyl sites for hydroxylation is 1. The highest BCUT2D eigenvalue weighted by Gasteiger charge is 2.17. The predicted molar refractivity (Wildman–Crippen MR) is 81.6 cm³/mol. The summed E-state index contributed by atoms with van der Waals surface area (Å²) in [4.78, 5) is 21.1. The number of carbonyl (C=O) groups is 1. The Bertz CT molecular complexity index is 825. The molecule has 0 unspecified atom stereocenters. The van der Waals surface area contributed by atoms with Crippen LogP contribution in [0.2, 0.25) is 0 Å². The molecular formula is C15H13NO6S. The lowest BCUT2D eigenvalue weighted by Gasteiger charge is -2.07. The molecule has 23 heavy (non-hydrogen) atoms. The minimum atomic E-state index is -3.98. The van der Waals surface area contributed by atoms with Crippen molar-refractivity contribution in [3.05, 3.63) is 69.8 Å². The van der Waals surface area contributed by atoms with Gasteiger partial charge in [-0.3, -0.25) is 14.9 Å². The van der Waals surface area contributed by atoms with Gasteiger partial charge in [0.25, 0.3) is 6.54 Å². The van der Waals surface area contributed by atoms with E-state index in [1.807, 2.05) is 6.92 Å². The Hall–Kier alpha value is -2.74. The van der Waals surface area contributed by atoms with Gasteiger partial charge in [-0.15, -0.1) is 0 Å². The molecule has 0 bridgehead atoms.